The highest BCUT2D eigenvalue weighted by Gasteiger charge is 2.38. The van der Waals surface area contributed by atoms with Crippen molar-refractivity contribution in [3.8, 4) is 5.75 Å². The fourth-order valence-corrected chi connectivity index (χ4v) is 5.66. The highest BCUT2D eigenvalue weighted by atomic mass is 31.2. The van der Waals surface area contributed by atoms with Crippen LogP contribution in [0.2, 0.25) is 0 Å². The van der Waals surface area contributed by atoms with E-state index in [1.807, 2.05) is 6.07 Å². The fourth-order valence-electron chi connectivity index (χ4n) is 5.23. The summed E-state index contributed by atoms with van der Waals surface area (Å²) in [4.78, 5) is 17.9. The average Bonchev–Trinajstić information content (AvgIpc) is 3.14. The monoisotopic (exact) mass is 463 g/mol. The molecule has 2 aliphatic carbocycles. The second-order valence-corrected chi connectivity index (χ2v) is 10.6. The van der Waals surface area contributed by atoms with Crippen LogP contribution in [-0.4, -0.2) is 29.0 Å². The van der Waals surface area contributed by atoms with Crippen LogP contribution < -0.4 is 10.5 Å². The molecule has 0 spiro atoms. The molecule has 32 heavy (non-hydrogen) atoms. The summed E-state index contributed by atoms with van der Waals surface area (Å²) in [6.07, 6.45) is 6.09. The van der Waals surface area contributed by atoms with E-state index < -0.39 is 13.4 Å². The van der Waals surface area contributed by atoms with Gasteiger partial charge in [0.1, 0.15) is 0 Å². The van der Waals surface area contributed by atoms with Gasteiger partial charge in [-0.15, -0.1) is 0 Å². The molecule has 0 unspecified atom stereocenters. The van der Waals surface area contributed by atoms with Crippen molar-refractivity contribution in [3.05, 3.63) is 64.5 Å². The topological polar surface area (TPSA) is 102 Å². The summed E-state index contributed by atoms with van der Waals surface area (Å²) in [5, 5.41) is 0. The molecule has 0 radical (unpaired) electrons. The summed E-state index contributed by atoms with van der Waals surface area (Å²) in [7, 11) is -3.04. The van der Waals surface area contributed by atoms with Crippen molar-refractivity contribution >= 4 is 7.82 Å². The van der Waals surface area contributed by atoms with Crippen molar-refractivity contribution in [1.29, 1.82) is 0 Å². The molecule has 0 bridgehead atoms. The zero-order valence-corrected chi connectivity index (χ0v) is 19.2. The zero-order valence-electron chi connectivity index (χ0n) is 18.3. The van der Waals surface area contributed by atoms with Crippen molar-refractivity contribution < 1.29 is 28.0 Å². The Morgan fingerprint density at radius 1 is 1.19 bits per heavy atom. The minimum atomic E-state index is -4.51. The maximum absolute atomic E-state index is 14.0. The molecular weight excluding hydrogens is 432 g/mol. The van der Waals surface area contributed by atoms with Gasteiger partial charge in [0.25, 0.3) is 0 Å². The van der Waals surface area contributed by atoms with Crippen LogP contribution in [0.5, 0.6) is 5.75 Å². The largest absolute Gasteiger partial charge is 0.494 e. The van der Waals surface area contributed by atoms with Crippen LogP contribution in [0.4, 0.5) is 4.39 Å². The number of ether oxygens (including phenoxy) is 1. The Morgan fingerprint density at radius 3 is 2.72 bits per heavy atom. The van der Waals surface area contributed by atoms with Gasteiger partial charge >= 0.3 is 7.82 Å². The quantitative estimate of drug-likeness (QED) is 0.531. The third-order valence-electron chi connectivity index (χ3n) is 6.94. The van der Waals surface area contributed by atoms with E-state index in [1.165, 1.54) is 23.8 Å². The Labute approximate surface area is 188 Å². The van der Waals surface area contributed by atoms with E-state index in [9.17, 15) is 8.96 Å². The molecule has 0 heterocycles. The SMILES string of the molecule is COc1ccc(C[C@@H]2CCc3cc([C@H]4CC[C@](N)(COP(=O)(O)O)C4)ccc3C2)cc1F. The number of hydrogen-bond acceptors (Lipinski definition) is 4. The van der Waals surface area contributed by atoms with Crippen molar-refractivity contribution in [3.63, 3.8) is 0 Å². The van der Waals surface area contributed by atoms with Gasteiger partial charge in [-0.2, -0.15) is 0 Å². The molecule has 3 atom stereocenters. The predicted molar refractivity (Wildman–Crippen MR) is 120 cm³/mol. The molecule has 1 saturated carbocycles. The minimum Gasteiger partial charge on any atom is -0.494 e. The first-order chi connectivity index (χ1) is 15.1. The van der Waals surface area contributed by atoms with Crippen LogP contribution in [0.15, 0.2) is 36.4 Å². The van der Waals surface area contributed by atoms with Gasteiger partial charge in [-0.25, -0.2) is 8.96 Å². The second-order valence-electron chi connectivity index (χ2n) is 9.38. The summed E-state index contributed by atoms with van der Waals surface area (Å²) in [5.41, 5.74) is 10.6. The Morgan fingerprint density at radius 2 is 2.00 bits per heavy atom. The molecule has 2 aliphatic rings. The number of halogens is 1. The number of rotatable bonds is 7. The smallest absolute Gasteiger partial charge is 0.469 e. The number of methoxy groups -OCH3 is 1. The lowest BCUT2D eigenvalue weighted by Crippen LogP contribution is -2.41. The molecular formula is C24H31FNO5P. The summed E-state index contributed by atoms with van der Waals surface area (Å²) in [5.74, 6) is 0.710. The Balaban J connectivity index is 1.38. The molecule has 4 rings (SSSR count). The number of phosphoric acid groups is 1. The van der Waals surface area contributed by atoms with E-state index in [0.29, 0.717) is 18.8 Å². The van der Waals surface area contributed by atoms with Crippen molar-refractivity contribution in [2.75, 3.05) is 13.7 Å². The molecule has 0 amide bonds. The number of fused-ring (bicyclic) bond motifs is 1. The van der Waals surface area contributed by atoms with Crippen LogP contribution in [0.1, 0.15) is 53.9 Å². The lowest BCUT2D eigenvalue weighted by Gasteiger charge is -2.27. The van der Waals surface area contributed by atoms with Crippen LogP contribution in [0, 0.1) is 11.7 Å². The van der Waals surface area contributed by atoms with Gasteiger partial charge < -0.3 is 20.3 Å². The normalized spacial score (nSPS) is 25.5. The highest BCUT2D eigenvalue weighted by Crippen LogP contribution is 2.44. The summed E-state index contributed by atoms with van der Waals surface area (Å²) in [6, 6.07) is 11.8. The minimum absolute atomic E-state index is 0.133. The van der Waals surface area contributed by atoms with Crippen LogP contribution >= 0.6 is 7.82 Å². The van der Waals surface area contributed by atoms with Gasteiger partial charge in [0.15, 0.2) is 11.6 Å². The molecule has 0 aromatic heterocycles. The lowest BCUT2D eigenvalue weighted by molar-refractivity contribution is 0.153. The number of benzene rings is 2. The Bertz CT molecular complexity index is 1030. The first kappa shape index (κ1) is 23.4. The first-order valence-electron chi connectivity index (χ1n) is 11.1. The fraction of sp³-hybridized carbons (Fsp3) is 0.500. The van der Waals surface area contributed by atoms with Crippen LogP contribution in [0.3, 0.4) is 0 Å². The lowest BCUT2D eigenvalue weighted by atomic mass is 9.79. The van der Waals surface area contributed by atoms with Gasteiger partial charge in [0, 0.05) is 5.54 Å². The number of nitrogens with two attached hydrogens (primary N) is 1. The second kappa shape index (κ2) is 9.24. The number of aryl methyl sites for hydroxylation is 1. The first-order valence-corrected chi connectivity index (χ1v) is 12.6. The summed E-state index contributed by atoms with van der Waals surface area (Å²) >= 11 is 0. The van der Waals surface area contributed by atoms with Gasteiger partial charge in [-0.1, -0.05) is 24.3 Å². The maximum atomic E-state index is 14.0. The average molecular weight is 463 g/mol. The van der Waals surface area contributed by atoms with Crippen LogP contribution in [0.25, 0.3) is 0 Å². The van der Waals surface area contributed by atoms with Crippen molar-refractivity contribution in [2.24, 2.45) is 11.7 Å². The molecule has 0 saturated heterocycles. The predicted octanol–water partition coefficient (Wildman–Crippen LogP) is 4.26. The molecule has 2 aromatic carbocycles. The van der Waals surface area contributed by atoms with Crippen molar-refractivity contribution in [2.45, 2.75) is 56.4 Å². The molecule has 0 aliphatic heterocycles. The maximum Gasteiger partial charge on any atom is 0.469 e. The molecule has 174 valence electrons. The molecule has 2 aromatic rings. The Kier molecular flexibility index (Phi) is 6.76. The van der Waals surface area contributed by atoms with E-state index in [-0.39, 0.29) is 24.1 Å². The standard InChI is InChI=1S/C24H31FNO5P/c1-30-23-7-3-17(12-22(23)25)10-16-2-4-19-13-20(6-5-18(19)11-16)21-8-9-24(26,14-21)15-31-32(27,28)29/h3,5-7,12-13,16,21H,2,4,8-11,14-15,26H2,1H3,(H2,27,28,29)/t16-,21-,24+/m0/s1. The summed E-state index contributed by atoms with van der Waals surface area (Å²) in [6.45, 7) is -0.133. The highest BCUT2D eigenvalue weighted by molar-refractivity contribution is 7.46. The van der Waals surface area contributed by atoms with Gasteiger partial charge in [0.05, 0.1) is 13.7 Å². The third-order valence-corrected chi connectivity index (χ3v) is 7.40. The van der Waals surface area contributed by atoms with Gasteiger partial charge in [-0.3, -0.25) is 4.52 Å². The molecule has 1 fully saturated rings. The van der Waals surface area contributed by atoms with E-state index in [1.54, 1.807) is 12.1 Å². The van der Waals surface area contributed by atoms with Gasteiger partial charge in [-0.05, 0) is 91.2 Å². The van der Waals surface area contributed by atoms with Crippen molar-refractivity contribution in [1.82, 2.24) is 0 Å². The third kappa shape index (κ3) is 5.59. The van der Waals surface area contributed by atoms with E-state index in [0.717, 1.165) is 37.7 Å². The number of hydrogen-bond donors (Lipinski definition) is 3. The van der Waals surface area contributed by atoms with E-state index in [4.69, 9.17) is 20.3 Å². The van der Waals surface area contributed by atoms with E-state index >= 15 is 0 Å². The molecule has 8 heteroatoms. The van der Waals surface area contributed by atoms with Gasteiger partial charge in [0.2, 0.25) is 0 Å². The Hall–Kier alpha value is -1.76. The summed E-state index contributed by atoms with van der Waals surface area (Å²) < 4.78 is 34.7. The molecule has 4 N–H and O–H groups in total. The molecule has 6 nitrogen and oxygen atoms in total. The number of phosphoric ester groups is 1. The zero-order chi connectivity index (χ0) is 22.9. The van der Waals surface area contributed by atoms with E-state index in [2.05, 4.69) is 22.7 Å². The van der Waals surface area contributed by atoms with Crippen LogP contribution in [-0.2, 0) is 28.4 Å².